The monoisotopic (exact) mass is 264 g/mol. The fourth-order valence-electron chi connectivity index (χ4n) is 1.49. The fraction of sp³-hybridized carbons (Fsp3) is 0.167. The van der Waals surface area contributed by atoms with Crippen molar-refractivity contribution in [2.45, 2.75) is 6.92 Å². The Bertz CT molecular complexity index is 557. The molecule has 0 aliphatic rings. The van der Waals surface area contributed by atoms with Gasteiger partial charge in [-0.2, -0.15) is 9.97 Å². The molecule has 5 nitrogen and oxygen atoms in total. The van der Waals surface area contributed by atoms with Crippen molar-refractivity contribution < 1.29 is 4.74 Å². The van der Waals surface area contributed by atoms with Gasteiger partial charge < -0.3 is 16.2 Å². The van der Waals surface area contributed by atoms with Crippen molar-refractivity contribution in [3.05, 3.63) is 29.3 Å². The average Bonchev–Trinajstić information content (AvgIpc) is 2.35. The van der Waals surface area contributed by atoms with Gasteiger partial charge in [0.25, 0.3) is 0 Å². The molecule has 94 valence electrons. The van der Waals surface area contributed by atoms with Crippen LogP contribution in [0, 0.1) is 0 Å². The molecule has 6 heteroatoms. The van der Waals surface area contributed by atoms with E-state index >= 15 is 0 Å². The van der Waals surface area contributed by atoms with Crippen molar-refractivity contribution in [2.75, 3.05) is 18.1 Å². The lowest BCUT2D eigenvalue weighted by atomic mass is 10.1. The highest BCUT2D eigenvalue weighted by atomic mass is 35.5. The van der Waals surface area contributed by atoms with Gasteiger partial charge in [0.1, 0.15) is 11.4 Å². The first-order valence-corrected chi connectivity index (χ1v) is 5.81. The molecule has 0 aliphatic heterocycles. The number of ether oxygens (including phenoxy) is 1. The van der Waals surface area contributed by atoms with Crippen LogP contribution in [0.2, 0.25) is 5.02 Å². The van der Waals surface area contributed by atoms with Gasteiger partial charge >= 0.3 is 6.01 Å². The van der Waals surface area contributed by atoms with Gasteiger partial charge in [0.2, 0.25) is 0 Å². The molecule has 2 aromatic rings. The lowest BCUT2D eigenvalue weighted by Gasteiger charge is -2.09. The summed E-state index contributed by atoms with van der Waals surface area (Å²) in [5, 5.41) is 0.643. The number of rotatable bonds is 3. The second-order valence-electron chi connectivity index (χ2n) is 3.59. The molecule has 0 atom stereocenters. The molecule has 0 unspecified atom stereocenters. The lowest BCUT2D eigenvalue weighted by Crippen LogP contribution is -2.06. The molecule has 18 heavy (non-hydrogen) atoms. The topological polar surface area (TPSA) is 87.0 Å². The number of hydrogen-bond acceptors (Lipinski definition) is 5. The fourth-order valence-corrected chi connectivity index (χ4v) is 1.61. The van der Waals surface area contributed by atoms with E-state index in [9.17, 15) is 0 Å². The molecule has 1 aromatic heterocycles. The Balaban J connectivity index is 2.51. The number of anilines is 2. The highest BCUT2D eigenvalue weighted by Gasteiger charge is 2.12. The first-order chi connectivity index (χ1) is 8.61. The Kier molecular flexibility index (Phi) is 3.53. The third kappa shape index (κ3) is 2.46. The Morgan fingerprint density at radius 1 is 1.17 bits per heavy atom. The van der Waals surface area contributed by atoms with Crippen molar-refractivity contribution in [1.29, 1.82) is 0 Å². The molecular weight excluding hydrogens is 252 g/mol. The molecule has 0 fully saturated rings. The average molecular weight is 265 g/mol. The maximum atomic E-state index is 5.88. The standard InChI is InChI=1S/C12H13ClN4O/c1-2-18-12-16-10(9(14)11(15)17-12)7-3-5-8(13)6-4-7/h3-6H,2,14H2,1H3,(H2,15,16,17). The highest BCUT2D eigenvalue weighted by Crippen LogP contribution is 2.29. The maximum Gasteiger partial charge on any atom is 0.319 e. The summed E-state index contributed by atoms with van der Waals surface area (Å²) in [5.74, 6) is 0.207. The summed E-state index contributed by atoms with van der Waals surface area (Å²) >= 11 is 5.84. The third-order valence-corrected chi connectivity index (χ3v) is 2.60. The zero-order valence-corrected chi connectivity index (χ0v) is 10.6. The summed E-state index contributed by atoms with van der Waals surface area (Å²) in [6, 6.07) is 7.37. The summed E-state index contributed by atoms with van der Waals surface area (Å²) in [6.45, 7) is 2.31. The van der Waals surface area contributed by atoms with E-state index in [1.807, 2.05) is 19.1 Å². The normalized spacial score (nSPS) is 10.3. The summed E-state index contributed by atoms with van der Waals surface area (Å²) in [7, 11) is 0. The van der Waals surface area contributed by atoms with E-state index in [0.29, 0.717) is 23.0 Å². The molecule has 0 radical (unpaired) electrons. The van der Waals surface area contributed by atoms with Gasteiger partial charge in [0, 0.05) is 10.6 Å². The molecule has 0 saturated carbocycles. The zero-order chi connectivity index (χ0) is 13.1. The van der Waals surface area contributed by atoms with Gasteiger partial charge in [-0.05, 0) is 19.1 Å². The number of nitrogens with two attached hydrogens (primary N) is 2. The zero-order valence-electron chi connectivity index (χ0n) is 9.85. The van der Waals surface area contributed by atoms with E-state index in [-0.39, 0.29) is 11.8 Å². The van der Waals surface area contributed by atoms with Crippen LogP contribution >= 0.6 is 11.6 Å². The predicted molar refractivity (Wildman–Crippen MR) is 72.5 cm³/mol. The van der Waals surface area contributed by atoms with Gasteiger partial charge in [-0.25, -0.2) is 0 Å². The number of benzene rings is 1. The molecule has 0 spiro atoms. The minimum Gasteiger partial charge on any atom is -0.464 e. The van der Waals surface area contributed by atoms with Gasteiger partial charge in [0.15, 0.2) is 5.82 Å². The van der Waals surface area contributed by atoms with Crippen molar-refractivity contribution in [3.8, 4) is 17.3 Å². The van der Waals surface area contributed by atoms with Crippen molar-refractivity contribution in [1.82, 2.24) is 9.97 Å². The molecule has 0 aliphatic carbocycles. The Morgan fingerprint density at radius 2 is 1.83 bits per heavy atom. The number of nitrogens with zero attached hydrogens (tertiary/aromatic N) is 2. The number of nitrogen functional groups attached to an aromatic ring is 2. The van der Waals surface area contributed by atoms with E-state index in [1.54, 1.807) is 12.1 Å². The molecular formula is C12H13ClN4O. The Hall–Kier alpha value is -2.01. The second kappa shape index (κ2) is 5.10. The Morgan fingerprint density at radius 3 is 2.44 bits per heavy atom. The van der Waals surface area contributed by atoms with Crippen LogP contribution in [0.4, 0.5) is 11.5 Å². The van der Waals surface area contributed by atoms with E-state index in [1.165, 1.54) is 0 Å². The van der Waals surface area contributed by atoms with Crippen LogP contribution in [-0.2, 0) is 0 Å². The molecule has 1 heterocycles. The molecule has 0 bridgehead atoms. The quantitative estimate of drug-likeness (QED) is 0.889. The molecule has 2 rings (SSSR count). The smallest absolute Gasteiger partial charge is 0.319 e. The van der Waals surface area contributed by atoms with E-state index in [4.69, 9.17) is 27.8 Å². The Labute approximate surface area is 110 Å². The summed E-state index contributed by atoms with van der Waals surface area (Å²) in [6.07, 6.45) is 0. The molecule has 4 N–H and O–H groups in total. The maximum absolute atomic E-state index is 5.88. The summed E-state index contributed by atoms with van der Waals surface area (Å²) in [4.78, 5) is 8.20. The summed E-state index contributed by atoms with van der Waals surface area (Å²) in [5.41, 5.74) is 13.3. The number of aromatic nitrogens is 2. The van der Waals surface area contributed by atoms with Crippen molar-refractivity contribution >= 4 is 23.1 Å². The van der Waals surface area contributed by atoms with Crippen molar-refractivity contribution in [3.63, 3.8) is 0 Å². The molecule has 0 saturated heterocycles. The first-order valence-electron chi connectivity index (χ1n) is 5.43. The minimum atomic E-state index is 0.207. The lowest BCUT2D eigenvalue weighted by molar-refractivity contribution is 0.313. The van der Waals surface area contributed by atoms with E-state index in [0.717, 1.165) is 5.56 Å². The van der Waals surface area contributed by atoms with Gasteiger partial charge in [-0.1, -0.05) is 23.7 Å². The van der Waals surface area contributed by atoms with Gasteiger partial charge in [0.05, 0.1) is 6.61 Å². The first kappa shape index (κ1) is 12.4. The van der Waals surface area contributed by atoms with Crippen LogP contribution in [0.25, 0.3) is 11.3 Å². The number of hydrogen-bond donors (Lipinski definition) is 2. The minimum absolute atomic E-state index is 0.207. The van der Waals surface area contributed by atoms with Gasteiger partial charge in [-0.3, -0.25) is 0 Å². The predicted octanol–water partition coefficient (Wildman–Crippen LogP) is 2.36. The van der Waals surface area contributed by atoms with E-state index in [2.05, 4.69) is 9.97 Å². The van der Waals surface area contributed by atoms with Crippen LogP contribution in [-0.4, -0.2) is 16.6 Å². The molecule has 1 aromatic carbocycles. The van der Waals surface area contributed by atoms with E-state index < -0.39 is 0 Å². The molecule has 0 amide bonds. The van der Waals surface area contributed by atoms with Crippen LogP contribution in [0.1, 0.15) is 6.92 Å². The van der Waals surface area contributed by atoms with Gasteiger partial charge in [-0.15, -0.1) is 0 Å². The third-order valence-electron chi connectivity index (χ3n) is 2.35. The van der Waals surface area contributed by atoms with Crippen LogP contribution in [0.15, 0.2) is 24.3 Å². The van der Waals surface area contributed by atoms with Crippen LogP contribution < -0.4 is 16.2 Å². The van der Waals surface area contributed by atoms with Crippen molar-refractivity contribution in [2.24, 2.45) is 0 Å². The highest BCUT2D eigenvalue weighted by molar-refractivity contribution is 6.30. The largest absolute Gasteiger partial charge is 0.464 e. The SMILES string of the molecule is CCOc1nc(N)c(N)c(-c2ccc(Cl)cc2)n1. The number of halogens is 1. The van der Waals surface area contributed by atoms with Crippen LogP contribution in [0.5, 0.6) is 6.01 Å². The summed E-state index contributed by atoms with van der Waals surface area (Å²) < 4.78 is 5.24. The van der Waals surface area contributed by atoms with Crippen LogP contribution in [0.3, 0.4) is 0 Å². The second-order valence-corrected chi connectivity index (χ2v) is 4.03.